The Hall–Kier alpha value is -3.86. The summed E-state index contributed by atoms with van der Waals surface area (Å²) >= 11 is 0. The maximum atomic E-state index is 12.9. The van der Waals surface area contributed by atoms with Crippen molar-refractivity contribution >= 4 is 23.0 Å². The molecule has 0 fully saturated rings. The van der Waals surface area contributed by atoms with Crippen molar-refractivity contribution in [2.45, 2.75) is 26.2 Å². The van der Waals surface area contributed by atoms with Gasteiger partial charge in [0.25, 0.3) is 5.91 Å². The highest BCUT2D eigenvalue weighted by molar-refractivity contribution is 6.07. The van der Waals surface area contributed by atoms with Crippen LogP contribution in [0.25, 0.3) is 22.2 Å². The van der Waals surface area contributed by atoms with Crippen molar-refractivity contribution in [2.75, 3.05) is 0 Å². The molecule has 2 aromatic heterocycles. The number of hydrogen-bond acceptors (Lipinski definition) is 4. The predicted octanol–water partition coefficient (Wildman–Crippen LogP) is 5.36. The van der Waals surface area contributed by atoms with Crippen molar-refractivity contribution in [1.82, 2.24) is 15.4 Å². The predicted molar refractivity (Wildman–Crippen MR) is 125 cm³/mol. The van der Waals surface area contributed by atoms with Gasteiger partial charge in [0.05, 0.1) is 23.0 Å². The number of hydrazone groups is 1. The minimum Gasteiger partial charge on any atom is -0.267 e. The van der Waals surface area contributed by atoms with Gasteiger partial charge in [-0.25, -0.2) is 10.4 Å². The average Bonchev–Trinajstić information content (AvgIpc) is 2.78. The van der Waals surface area contributed by atoms with E-state index < -0.39 is 0 Å². The van der Waals surface area contributed by atoms with Gasteiger partial charge < -0.3 is 0 Å². The van der Waals surface area contributed by atoms with E-state index in [1.54, 1.807) is 24.7 Å². The average molecular weight is 409 g/mol. The van der Waals surface area contributed by atoms with Gasteiger partial charge in [-0.2, -0.15) is 5.10 Å². The Labute approximate surface area is 181 Å². The quantitative estimate of drug-likeness (QED) is 0.365. The number of hydrogen-bond donors (Lipinski definition) is 1. The van der Waals surface area contributed by atoms with Crippen molar-refractivity contribution in [3.8, 4) is 11.3 Å². The summed E-state index contributed by atoms with van der Waals surface area (Å²) in [5, 5.41) is 4.94. The molecule has 31 heavy (non-hydrogen) atoms. The molecule has 1 amide bonds. The van der Waals surface area contributed by atoms with E-state index in [4.69, 9.17) is 0 Å². The lowest BCUT2D eigenvalue weighted by atomic mass is 9.87. The van der Waals surface area contributed by atoms with Crippen LogP contribution in [0.2, 0.25) is 0 Å². The lowest BCUT2D eigenvalue weighted by Gasteiger charge is -2.18. The fraction of sp³-hybridized carbons (Fsp3) is 0.154. The van der Waals surface area contributed by atoms with Crippen LogP contribution in [0.15, 0.2) is 84.2 Å². The van der Waals surface area contributed by atoms with E-state index in [0.29, 0.717) is 11.3 Å². The smallest absolute Gasteiger partial charge is 0.267 e. The third kappa shape index (κ3) is 4.67. The zero-order chi connectivity index (χ0) is 21.8. The second-order valence-electron chi connectivity index (χ2n) is 8.39. The summed E-state index contributed by atoms with van der Waals surface area (Å²) in [7, 11) is 0. The summed E-state index contributed by atoms with van der Waals surface area (Å²) in [5.41, 5.74) is 7.73. The zero-order valence-electron chi connectivity index (χ0n) is 17.8. The van der Waals surface area contributed by atoms with Crippen LogP contribution in [-0.2, 0) is 5.41 Å². The van der Waals surface area contributed by atoms with Gasteiger partial charge in [-0.05, 0) is 40.8 Å². The van der Waals surface area contributed by atoms with Crippen molar-refractivity contribution in [1.29, 1.82) is 0 Å². The summed E-state index contributed by atoms with van der Waals surface area (Å²) in [5.74, 6) is -0.286. The van der Waals surface area contributed by atoms with Crippen molar-refractivity contribution in [2.24, 2.45) is 5.10 Å². The highest BCUT2D eigenvalue weighted by Gasteiger charge is 2.14. The molecule has 2 heterocycles. The number of nitrogens with one attached hydrogen (secondary N) is 1. The number of nitrogens with zero attached hydrogens (tertiary/aromatic N) is 3. The zero-order valence-corrected chi connectivity index (χ0v) is 17.8. The number of pyridine rings is 2. The maximum Gasteiger partial charge on any atom is 0.272 e. The van der Waals surface area contributed by atoms with Gasteiger partial charge in [0.2, 0.25) is 0 Å². The van der Waals surface area contributed by atoms with Crippen LogP contribution in [0, 0.1) is 0 Å². The molecule has 5 heteroatoms. The number of rotatable bonds is 4. The van der Waals surface area contributed by atoms with Gasteiger partial charge in [-0.1, -0.05) is 63.2 Å². The van der Waals surface area contributed by atoms with E-state index in [1.165, 1.54) is 5.56 Å². The minimum absolute atomic E-state index is 0.0955. The first-order chi connectivity index (χ1) is 14.9. The molecule has 0 aliphatic heterocycles. The Morgan fingerprint density at radius 3 is 2.48 bits per heavy atom. The molecule has 0 aliphatic carbocycles. The monoisotopic (exact) mass is 408 g/mol. The molecule has 0 saturated carbocycles. The van der Waals surface area contributed by atoms with Crippen LogP contribution in [-0.4, -0.2) is 22.1 Å². The van der Waals surface area contributed by atoms with Gasteiger partial charge in [0.15, 0.2) is 0 Å². The van der Waals surface area contributed by atoms with Crippen LogP contribution >= 0.6 is 0 Å². The van der Waals surface area contributed by atoms with E-state index in [-0.39, 0.29) is 11.3 Å². The molecule has 4 aromatic rings. The summed E-state index contributed by atoms with van der Waals surface area (Å²) in [6.45, 7) is 6.53. The molecule has 0 unspecified atom stereocenters. The molecule has 2 aromatic carbocycles. The minimum atomic E-state index is -0.286. The summed E-state index contributed by atoms with van der Waals surface area (Å²) < 4.78 is 0. The molecular weight excluding hydrogens is 384 g/mol. The van der Waals surface area contributed by atoms with Crippen LogP contribution in [0.4, 0.5) is 0 Å². The molecular formula is C26H24N4O. The number of para-hydroxylation sites is 1. The molecule has 0 saturated heterocycles. The lowest BCUT2D eigenvalue weighted by Crippen LogP contribution is -2.18. The first-order valence-corrected chi connectivity index (χ1v) is 10.2. The Morgan fingerprint density at radius 1 is 1.00 bits per heavy atom. The molecule has 0 radical (unpaired) electrons. The largest absolute Gasteiger partial charge is 0.272 e. The summed E-state index contributed by atoms with van der Waals surface area (Å²) in [6, 6.07) is 21.3. The van der Waals surface area contributed by atoms with E-state index in [9.17, 15) is 4.79 Å². The van der Waals surface area contributed by atoms with Gasteiger partial charge in [0, 0.05) is 23.3 Å². The van der Waals surface area contributed by atoms with Gasteiger partial charge in [0.1, 0.15) is 0 Å². The van der Waals surface area contributed by atoms with Crippen LogP contribution in [0.5, 0.6) is 0 Å². The number of carbonyl (C=O) groups excluding carboxylic acids is 1. The van der Waals surface area contributed by atoms with E-state index in [1.807, 2.05) is 48.5 Å². The Kier molecular flexibility index (Phi) is 5.58. The Morgan fingerprint density at radius 2 is 1.77 bits per heavy atom. The SMILES string of the molecule is CC(C)(C)c1ccc(/C=N\NC(=O)c2cc(-c3cccnc3)nc3ccccc23)cc1. The lowest BCUT2D eigenvalue weighted by molar-refractivity contribution is 0.0956. The number of carbonyl (C=O) groups is 1. The molecule has 4 rings (SSSR count). The Bertz CT molecular complexity index is 1240. The highest BCUT2D eigenvalue weighted by Crippen LogP contribution is 2.24. The molecule has 0 atom stereocenters. The molecule has 154 valence electrons. The van der Waals surface area contributed by atoms with E-state index in [0.717, 1.165) is 22.0 Å². The topological polar surface area (TPSA) is 67.2 Å². The van der Waals surface area contributed by atoms with Gasteiger partial charge in [-0.3, -0.25) is 9.78 Å². The maximum absolute atomic E-state index is 12.9. The normalized spacial score (nSPS) is 11.7. The van der Waals surface area contributed by atoms with Crippen LogP contribution in [0.3, 0.4) is 0 Å². The van der Waals surface area contributed by atoms with E-state index >= 15 is 0 Å². The molecule has 0 bridgehead atoms. The highest BCUT2D eigenvalue weighted by atomic mass is 16.2. The van der Waals surface area contributed by atoms with Crippen molar-refractivity contribution < 1.29 is 4.79 Å². The standard InChI is InChI=1S/C26H24N4O/c1-26(2,3)20-12-10-18(11-13-20)16-28-30-25(31)22-15-24(19-7-6-14-27-17-19)29-23-9-5-4-8-21(22)23/h4-17H,1-3H3,(H,30,31)/b28-16-. The summed E-state index contributed by atoms with van der Waals surface area (Å²) in [4.78, 5) is 21.8. The third-order valence-electron chi connectivity index (χ3n) is 5.07. The molecule has 0 aliphatic rings. The van der Waals surface area contributed by atoms with Gasteiger partial charge >= 0.3 is 0 Å². The van der Waals surface area contributed by atoms with Crippen molar-refractivity contribution in [3.05, 3.63) is 95.8 Å². The fourth-order valence-electron chi connectivity index (χ4n) is 3.32. The van der Waals surface area contributed by atoms with Crippen LogP contribution < -0.4 is 5.43 Å². The van der Waals surface area contributed by atoms with Gasteiger partial charge in [-0.15, -0.1) is 0 Å². The summed E-state index contributed by atoms with van der Waals surface area (Å²) in [6.07, 6.45) is 5.09. The van der Waals surface area contributed by atoms with E-state index in [2.05, 4.69) is 53.4 Å². The first kappa shape index (κ1) is 20.4. The number of amides is 1. The second-order valence-corrected chi connectivity index (χ2v) is 8.39. The molecule has 5 nitrogen and oxygen atoms in total. The first-order valence-electron chi connectivity index (χ1n) is 10.2. The third-order valence-corrected chi connectivity index (χ3v) is 5.07. The van der Waals surface area contributed by atoms with Crippen molar-refractivity contribution in [3.63, 3.8) is 0 Å². The molecule has 0 spiro atoms. The fourth-order valence-corrected chi connectivity index (χ4v) is 3.32. The number of aromatic nitrogens is 2. The molecule has 1 N–H and O–H groups in total. The second kappa shape index (κ2) is 8.48. The van der Waals surface area contributed by atoms with Crippen LogP contribution in [0.1, 0.15) is 42.3 Å². The Balaban J connectivity index is 1.59. The number of benzene rings is 2. The number of fused-ring (bicyclic) bond motifs is 1.